The highest BCUT2D eigenvalue weighted by molar-refractivity contribution is 7.48. The Morgan fingerprint density at radius 2 is 1.33 bits per heavy atom. The zero-order valence-corrected chi connectivity index (χ0v) is 11.3. The van der Waals surface area contributed by atoms with Crippen LogP contribution in [0, 0.1) is 0 Å². The summed E-state index contributed by atoms with van der Waals surface area (Å²) in [6.45, 7) is 14.0. The van der Waals surface area contributed by atoms with Gasteiger partial charge in [-0.05, 0) is 41.5 Å². The van der Waals surface area contributed by atoms with Crippen molar-refractivity contribution < 1.29 is 18.1 Å². The average molecular weight is 236 g/mol. The molecule has 0 amide bonds. The van der Waals surface area contributed by atoms with Crippen molar-refractivity contribution in [2.75, 3.05) is 0 Å². The first kappa shape index (κ1) is 14.7. The molecule has 0 aliphatic rings. The third-order valence-corrected chi connectivity index (χ3v) is 2.92. The highest BCUT2D eigenvalue weighted by atomic mass is 31.2. The second kappa shape index (κ2) is 4.69. The van der Waals surface area contributed by atoms with Gasteiger partial charge in [0.15, 0.2) is 0 Å². The van der Waals surface area contributed by atoms with E-state index in [0.29, 0.717) is 0 Å². The van der Waals surface area contributed by atoms with Crippen molar-refractivity contribution in [1.29, 1.82) is 0 Å². The van der Waals surface area contributed by atoms with Gasteiger partial charge in [0, 0.05) is 0 Å². The average Bonchev–Trinajstić information content (AvgIpc) is 1.74. The molecule has 0 heterocycles. The van der Waals surface area contributed by atoms with Crippen molar-refractivity contribution in [3.63, 3.8) is 0 Å². The smallest absolute Gasteiger partial charge is 0.413 e. The van der Waals surface area contributed by atoms with E-state index < -0.39 is 19.0 Å². The maximum atomic E-state index is 12.1. The van der Waals surface area contributed by atoms with Gasteiger partial charge in [-0.1, -0.05) is 6.58 Å². The number of rotatable bonds is 4. The fraction of sp³-hybridized carbons (Fsp3) is 0.800. The molecule has 0 atom stereocenters. The highest BCUT2D eigenvalue weighted by Crippen LogP contribution is 2.55. The monoisotopic (exact) mass is 236 g/mol. The Labute approximate surface area is 92.2 Å². The van der Waals surface area contributed by atoms with Crippen molar-refractivity contribution in [2.24, 2.45) is 0 Å². The van der Waals surface area contributed by atoms with Crippen LogP contribution < -0.4 is 0 Å². The Morgan fingerprint density at radius 1 is 1.00 bits per heavy atom. The van der Waals surface area contributed by atoms with Gasteiger partial charge in [0.25, 0.3) is 0 Å². The van der Waals surface area contributed by atoms with Gasteiger partial charge in [0.2, 0.25) is 0 Å². The minimum Gasteiger partial charge on any atom is -0.413 e. The topological polar surface area (TPSA) is 44.8 Å². The van der Waals surface area contributed by atoms with Crippen LogP contribution in [0.2, 0.25) is 0 Å². The predicted octanol–water partition coefficient (Wildman–Crippen LogP) is 3.88. The summed E-state index contributed by atoms with van der Waals surface area (Å²) in [7, 11) is -3.58. The van der Waals surface area contributed by atoms with Gasteiger partial charge in [-0.15, -0.1) is 0 Å². The number of hydrogen-bond acceptors (Lipinski definition) is 4. The molecule has 0 aliphatic heterocycles. The molecule has 0 spiro atoms. The molecule has 0 aromatic heterocycles. The second-order valence-electron chi connectivity index (χ2n) is 5.13. The fourth-order valence-corrected chi connectivity index (χ4v) is 2.47. The Hall–Kier alpha value is -0.310. The number of phosphoric ester groups is 1. The van der Waals surface area contributed by atoms with Crippen LogP contribution in [-0.4, -0.2) is 11.2 Å². The van der Waals surface area contributed by atoms with E-state index in [-0.39, 0.29) is 0 Å². The van der Waals surface area contributed by atoms with Crippen LogP contribution in [0.3, 0.4) is 0 Å². The first-order chi connectivity index (χ1) is 6.47. The molecule has 90 valence electrons. The van der Waals surface area contributed by atoms with Crippen molar-refractivity contribution in [1.82, 2.24) is 0 Å². The Balaban J connectivity index is 4.75. The van der Waals surface area contributed by atoms with Gasteiger partial charge in [0.1, 0.15) is 0 Å². The largest absolute Gasteiger partial charge is 0.530 e. The molecule has 0 radical (unpaired) electrons. The Kier molecular flexibility index (Phi) is 4.59. The SMILES string of the molecule is C=COP(=O)(OC(C)(C)C)OC(C)(C)C. The van der Waals surface area contributed by atoms with E-state index in [1.165, 1.54) is 0 Å². The summed E-state index contributed by atoms with van der Waals surface area (Å²) in [5, 5.41) is 0. The molecule has 4 nitrogen and oxygen atoms in total. The van der Waals surface area contributed by atoms with Crippen LogP contribution in [0.5, 0.6) is 0 Å². The molecular weight excluding hydrogens is 215 g/mol. The Bertz CT molecular complexity index is 240. The molecule has 0 bridgehead atoms. The molecule has 0 aromatic carbocycles. The van der Waals surface area contributed by atoms with E-state index in [2.05, 4.69) is 6.58 Å². The van der Waals surface area contributed by atoms with Gasteiger partial charge >= 0.3 is 7.82 Å². The third-order valence-electron chi connectivity index (χ3n) is 0.975. The summed E-state index contributed by atoms with van der Waals surface area (Å²) in [6, 6.07) is 0. The van der Waals surface area contributed by atoms with E-state index in [4.69, 9.17) is 13.6 Å². The minimum absolute atomic E-state index is 0.607. The van der Waals surface area contributed by atoms with Crippen LogP contribution in [0.4, 0.5) is 0 Å². The molecule has 0 unspecified atom stereocenters. The maximum absolute atomic E-state index is 12.1. The molecule has 0 saturated carbocycles. The summed E-state index contributed by atoms with van der Waals surface area (Å²) in [5.74, 6) is 0. The van der Waals surface area contributed by atoms with Crippen molar-refractivity contribution in [2.45, 2.75) is 52.7 Å². The number of hydrogen-bond donors (Lipinski definition) is 0. The molecule has 5 heteroatoms. The number of phosphoric acid groups is 1. The van der Waals surface area contributed by atoms with Gasteiger partial charge in [-0.25, -0.2) is 4.57 Å². The standard InChI is InChI=1S/C10H21O4P/c1-8-12-15(11,13-9(2,3)4)14-10(5,6)7/h8H,1H2,2-7H3. The Morgan fingerprint density at radius 3 is 1.53 bits per heavy atom. The van der Waals surface area contributed by atoms with Crippen molar-refractivity contribution in [3.05, 3.63) is 12.8 Å². The molecule has 0 aliphatic carbocycles. The van der Waals surface area contributed by atoms with Crippen LogP contribution >= 0.6 is 7.82 Å². The zero-order chi connectivity index (χ0) is 12.3. The summed E-state index contributed by atoms with van der Waals surface area (Å²) in [4.78, 5) is 0. The lowest BCUT2D eigenvalue weighted by molar-refractivity contribution is 0.0160. The van der Waals surface area contributed by atoms with Crippen LogP contribution in [0.1, 0.15) is 41.5 Å². The van der Waals surface area contributed by atoms with Crippen molar-refractivity contribution in [3.8, 4) is 0 Å². The molecule has 0 aromatic rings. The molecule has 0 N–H and O–H groups in total. The summed E-state index contributed by atoms with van der Waals surface area (Å²) >= 11 is 0. The summed E-state index contributed by atoms with van der Waals surface area (Å²) in [5.41, 5.74) is -1.21. The minimum atomic E-state index is -3.58. The van der Waals surface area contributed by atoms with Gasteiger partial charge in [-0.2, -0.15) is 0 Å². The molecule has 0 rings (SSSR count). The normalized spacial score (nSPS) is 13.7. The van der Waals surface area contributed by atoms with Crippen molar-refractivity contribution >= 4 is 7.82 Å². The third kappa shape index (κ3) is 7.60. The van der Waals surface area contributed by atoms with E-state index in [1.807, 2.05) is 0 Å². The van der Waals surface area contributed by atoms with Crippen LogP contribution in [-0.2, 0) is 18.1 Å². The quantitative estimate of drug-likeness (QED) is 0.548. The summed E-state index contributed by atoms with van der Waals surface area (Å²) in [6.07, 6.45) is 1.07. The molecule has 15 heavy (non-hydrogen) atoms. The van der Waals surface area contributed by atoms with E-state index in [9.17, 15) is 4.57 Å². The fourth-order valence-electron chi connectivity index (χ4n) is 0.824. The lowest BCUT2D eigenvalue weighted by atomic mass is 10.2. The molecule has 0 saturated heterocycles. The first-order valence-corrected chi connectivity index (χ1v) is 6.24. The first-order valence-electron chi connectivity index (χ1n) is 4.78. The highest BCUT2D eigenvalue weighted by Gasteiger charge is 2.37. The van der Waals surface area contributed by atoms with Gasteiger partial charge in [-0.3, -0.25) is 9.05 Å². The maximum Gasteiger partial charge on any atom is 0.530 e. The lowest BCUT2D eigenvalue weighted by Crippen LogP contribution is -2.24. The zero-order valence-electron chi connectivity index (χ0n) is 10.4. The van der Waals surface area contributed by atoms with E-state index in [0.717, 1.165) is 6.26 Å². The van der Waals surface area contributed by atoms with E-state index >= 15 is 0 Å². The van der Waals surface area contributed by atoms with Gasteiger partial charge < -0.3 is 4.52 Å². The van der Waals surface area contributed by atoms with E-state index in [1.54, 1.807) is 41.5 Å². The van der Waals surface area contributed by atoms with Crippen LogP contribution in [0.25, 0.3) is 0 Å². The summed E-state index contributed by atoms with van der Waals surface area (Å²) < 4.78 is 27.5. The molecule has 0 fully saturated rings. The van der Waals surface area contributed by atoms with Gasteiger partial charge in [0.05, 0.1) is 17.5 Å². The van der Waals surface area contributed by atoms with Crippen LogP contribution in [0.15, 0.2) is 12.8 Å². The second-order valence-corrected chi connectivity index (χ2v) is 6.60. The lowest BCUT2D eigenvalue weighted by Gasteiger charge is -2.29. The molecular formula is C10H21O4P. The predicted molar refractivity (Wildman–Crippen MR) is 60.6 cm³/mol.